The van der Waals surface area contributed by atoms with Crippen molar-refractivity contribution in [3.8, 4) is 0 Å². The van der Waals surface area contributed by atoms with E-state index in [0.29, 0.717) is 6.04 Å². The summed E-state index contributed by atoms with van der Waals surface area (Å²) in [7, 11) is 2.25. The molecule has 0 aromatic heterocycles. The average Bonchev–Trinajstić information content (AvgIpc) is 2.94. The van der Waals surface area contributed by atoms with Gasteiger partial charge < -0.3 is 10.2 Å². The lowest BCUT2D eigenvalue weighted by Gasteiger charge is -2.32. The zero-order valence-corrected chi connectivity index (χ0v) is 12.1. The molecule has 3 N–H and O–H groups in total. The lowest BCUT2D eigenvalue weighted by Crippen LogP contribution is -3.12. The third kappa shape index (κ3) is 2.78. The Hall–Kier alpha value is -0.390. The van der Waals surface area contributed by atoms with Gasteiger partial charge in [0.15, 0.2) is 5.11 Å². The minimum absolute atomic E-state index is 0.641. The van der Waals surface area contributed by atoms with Crippen molar-refractivity contribution in [3.63, 3.8) is 0 Å². The number of hydrogen-bond donors (Lipinski definition) is 3. The number of hydrazine groups is 1. The first-order valence-corrected chi connectivity index (χ1v) is 7.75. The van der Waals surface area contributed by atoms with Crippen LogP contribution < -0.4 is 15.6 Å². The predicted molar refractivity (Wildman–Crippen MR) is 76.3 cm³/mol. The van der Waals surface area contributed by atoms with Crippen LogP contribution in [-0.2, 0) is 0 Å². The average molecular weight is 269 g/mol. The molecule has 0 unspecified atom stereocenters. The molecular weight excluding hydrogens is 244 g/mol. The van der Waals surface area contributed by atoms with Crippen molar-refractivity contribution in [3.05, 3.63) is 0 Å². The van der Waals surface area contributed by atoms with E-state index in [4.69, 9.17) is 12.2 Å². The molecule has 3 rings (SSSR count). The van der Waals surface area contributed by atoms with Crippen LogP contribution in [-0.4, -0.2) is 49.4 Å². The molecule has 5 heteroatoms. The van der Waals surface area contributed by atoms with Gasteiger partial charge in [-0.3, -0.25) is 5.43 Å². The van der Waals surface area contributed by atoms with Gasteiger partial charge in [0.1, 0.15) is 0 Å². The molecule has 1 heterocycles. The number of rotatable bonds is 2. The Balaban J connectivity index is 1.42. The van der Waals surface area contributed by atoms with Crippen molar-refractivity contribution < 1.29 is 4.90 Å². The highest BCUT2D eigenvalue weighted by Gasteiger charge is 2.39. The van der Waals surface area contributed by atoms with Crippen LogP contribution in [0.3, 0.4) is 0 Å². The smallest absolute Gasteiger partial charge is 0.181 e. The molecule has 3 fully saturated rings. The van der Waals surface area contributed by atoms with Gasteiger partial charge in [0.25, 0.3) is 0 Å². The van der Waals surface area contributed by atoms with Gasteiger partial charge in [0, 0.05) is 6.04 Å². The van der Waals surface area contributed by atoms with Crippen LogP contribution in [0.25, 0.3) is 0 Å². The van der Waals surface area contributed by atoms with E-state index >= 15 is 0 Å². The Bertz CT molecular complexity index is 314. The van der Waals surface area contributed by atoms with Crippen LogP contribution in [0.5, 0.6) is 0 Å². The summed E-state index contributed by atoms with van der Waals surface area (Å²) in [4.78, 5) is 1.61. The molecule has 0 radical (unpaired) electrons. The Morgan fingerprint density at radius 1 is 1.22 bits per heavy atom. The molecule has 1 aliphatic heterocycles. The maximum Gasteiger partial charge on any atom is 0.181 e. The minimum atomic E-state index is 0.641. The van der Waals surface area contributed by atoms with Crippen molar-refractivity contribution in [1.29, 1.82) is 0 Å². The molecule has 4 nitrogen and oxygen atoms in total. The van der Waals surface area contributed by atoms with Crippen LogP contribution in [0.1, 0.15) is 25.7 Å². The number of nitrogens with zero attached hydrogens (tertiary/aromatic N) is 1. The van der Waals surface area contributed by atoms with Gasteiger partial charge in [-0.2, -0.15) is 0 Å². The van der Waals surface area contributed by atoms with Crippen LogP contribution in [0.2, 0.25) is 0 Å². The van der Waals surface area contributed by atoms with Gasteiger partial charge in [-0.25, -0.2) is 5.01 Å². The first-order chi connectivity index (χ1) is 8.70. The van der Waals surface area contributed by atoms with Gasteiger partial charge in [-0.1, -0.05) is 6.42 Å². The molecule has 0 aromatic carbocycles. The third-order valence-electron chi connectivity index (χ3n) is 4.93. The number of nitrogens with one attached hydrogen (secondary N) is 3. The maximum atomic E-state index is 5.45. The number of hydrogen-bond acceptors (Lipinski definition) is 2. The lowest BCUT2D eigenvalue weighted by molar-refractivity contribution is -0.884. The van der Waals surface area contributed by atoms with Crippen LogP contribution in [0.15, 0.2) is 0 Å². The lowest BCUT2D eigenvalue weighted by atomic mass is 9.96. The number of piperazine rings is 1. The van der Waals surface area contributed by atoms with E-state index < -0.39 is 0 Å². The summed E-state index contributed by atoms with van der Waals surface area (Å²) in [6, 6.07) is 0.641. The van der Waals surface area contributed by atoms with Crippen LogP contribution in [0, 0.1) is 11.8 Å². The summed E-state index contributed by atoms with van der Waals surface area (Å²) in [5.74, 6) is 1.86. The molecule has 2 bridgehead atoms. The van der Waals surface area contributed by atoms with E-state index in [2.05, 4.69) is 22.8 Å². The number of thiocarbonyl (C=S) groups is 1. The fourth-order valence-corrected chi connectivity index (χ4v) is 4.05. The third-order valence-corrected chi connectivity index (χ3v) is 5.14. The zero-order chi connectivity index (χ0) is 12.5. The fraction of sp³-hybridized carbons (Fsp3) is 0.923. The molecule has 3 atom stereocenters. The van der Waals surface area contributed by atoms with Gasteiger partial charge in [0.2, 0.25) is 0 Å². The van der Waals surface area contributed by atoms with E-state index in [1.807, 2.05) is 0 Å². The summed E-state index contributed by atoms with van der Waals surface area (Å²) < 4.78 is 0. The second kappa shape index (κ2) is 5.31. The number of likely N-dealkylation sites (N-methyl/N-ethyl adjacent to an activating group) is 1. The Kier molecular flexibility index (Phi) is 3.73. The Labute approximate surface area is 115 Å². The molecule has 3 aliphatic rings. The largest absolute Gasteiger partial charge is 0.359 e. The summed E-state index contributed by atoms with van der Waals surface area (Å²) in [5, 5.41) is 6.64. The second-order valence-corrected chi connectivity index (χ2v) is 6.72. The van der Waals surface area contributed by atoms with E-state index in [1.165, 1.54) is 38.8 Å². The molecule has 0 amide bonds. The van der Waals surface area contributed by atoms with Gasteiger partial charge >= 0.3 is 0 Å². The fourth-order valence-electron chi connectivity index (χ4n) is 3.77. The van der Waals surface area contributed by atoms with E-state index in [1.54, 1.807) is 4.90 Å². The molecule has 2 aliphatic carbocycles. The molecule has 1 saturated heterocycles. The highest BCUT2D eigenvalue weighted by Crippen LogP contribution is 2.44. The monoisotopic (exact) mass is 269 g/mol. The van der Waals surface area contributed by atoms with Crippen molar-refractivity contribution in [2.75, 3.05) is 33.2 Å². The summed E-state index contributed by atoms with van der Waals surface area (Å²) in [6.45, 7) is 4.57. The molecule has 18 heavy (non-hydrogen) atoms. The normalized spacial score (nSPS) is 36.8. The number of quaternary nitrogens is 1. The highest BCUT2D eigenvalue weighted by atomic mass is 32.1. The van der Waals surface area contributed by atoms with Gasteiger partial charge in [0.05, 0.1) is 33.2 Å². The van der Waals surface area contributed by atoms with Crippen molar-refractivity contribution >= 4 is 17.3 Å². The quantitative estimate of drug-likeness (QED) is 0.584. The van der Waals surface area contributed by atoms with Crippen LogP contribution >= 0.6 is 12.2 Å². The molecule has 102 valence electrons. The number of fused-ring (bicyclic) bond motifs is 2. The van der Waals surface area contributed by atoms with Crippen molar-refractivity contribution in [2.45, 2.75) is 31.7 Å². The van der Waals surface area contributed by atoms with Crippen LogP contribution in [0.4, 0.5) is 0 Å². The SMILES string of the molecule is C[NH+]1CCN(NC(=S)N[C@H]2C[C@H]3CC[C@@H]2C3)CC1. The van der Waals surface area contributed by atoms with E-state index in [0.717, 1.165) is 30.0 Å². The minimum Gasteiger partial charge on any atom is -0.359 e. The predicted octanol–water partition coefficient (Wildman–Crippen LogP) is -0.616. The van der Waals surface area contributed by atoms with Gasteiger partial charge in [-0.05, 0) is 43.3 Å². The standard InChI is InChI=1S/C13H24N4S/c1-16-4-6-17(7-5-16)15-13(18)14-12-9-10-2-3-11(12)8-10/h10-12H,2-9H2,1H3,(H2,14,15,18)/p+1/t10-,11+,12-/m0/s1. The topological polar surface area (TPSA) is 31.7 Å². The van der Waals surface area contributed by atoms with Gasteiger partial charge in [-0.15, -0.1) is 0 Å². The maximum absolute atomic E-state index is 5.45. The first-order valence-electron chi connectivity index (χ1n) is 7.34. The Morgan fingerprint density at radius 3 is 2.61 bits per heavy atom. The zero-order valence-electron chi connectivity index (χ0n) is 11.2. The van der Waals surface area contributed by atoms with Crippen molar-refractivity contribution in [1.82, 2.24) is 15.8 Å². The van der Waals surface area contributed by atoms with E-state index in [9.17, 15) is 0 Å². The summed E-state index contributed by atoms with van der Waals surface area (Å²) in [5.41, 5.74) is 3.37. The summed E-state index contributed by atoms with van der Waals surface area (Å²) >= 11 is 5.45. The first kappa shape index (κ1) is 12.6. The van der Waals surface area contributed by atoms with E-state index in [-0.39, 0.29) is 0 Å². The molecule has 0 aromatic rings. The van der Waals surface area contributed by atoms with Crippen molar-refractivity contribution in [2.24, 2.45) is 11.8 Å². The summed E-state index contributed by atoms with van der Waals surface area (Å²) in [6.07, 6.45) is 5.62. The molecular formula is C13H25N4S+. The highest BCUT2D eigenvalue weighted by molar-refractivity contribution is 7.80. The second-order valence-electron chi connectivity index (χ2n) is 6.31. The molecule has 2 saturated carbocycles. The Morgan fingerprint density at radius 2 is 2.00 bits per heavy atom. The molecule has 0 spiro atoms.